The highest BCUT2D eigenvalue weighted by Gasteiger charge is 2.26. The lowest BCUT2D eigenvalue weighted by Gasteiger charge is -2.22. The number of imidazole rings is 1. The lowest BCUT2D eigenvalue weighted by atomic mass is 10.0. The summed E-state index contributed by atoms with van der Waals surface area (Å²) in [6.07, 6.45) is 0. The van der Waals surface area contributed by atoms with Gasteiger partial charge in [0.15, 0.2) is 11.5 Å². The summed E-state index contributed by atoms with van der Waals surface area (Å²) in [4.78, 5) is 5.01. The van der Waals surface area contributed by atoms with Gasteiger partial charge >= 0.3 is 0 Å². The summed E-state index contributed by atoms with van der Waals surface area (Å²) in [5.41, 5.74) is 7.41. The molecule has 1 aliphatic heterocycles. The maximum absolute atomic E-state index is 6.56. The molecule has 1 aliphatic rings. The Bertz CT molecular complexity index is 2260. The van der Waals surface area contributed by atoms with Gasteiger partial charge in [0.1, 0.15) is 11.3 Å². The minimum atomic E-state index is 0.814. The fourth-order valence-electron chi connectivity index (χ4n) is 6.24. The van der Waals surface area contributed by atoms with Crippen LogP contribution >= 0.6 is 0 Å². The van der Waals surface area contributed by atoms with Crippen molar-refractivity contribution in [3.63, 3.8) is 0 Å². The molecule has 0 spiro atoms. The lowest BCUT2D eigenvalue weighted by molar-refractivity contribution is 0.475. The zero-order valence-corrected chi connectivity index (χ0v) is 20.9. The molecule has 9 rings (SSSR count). The molecular weight excluding hydrogens is 478 g/mol. The van der Waals surface area contributed by atoms with Crippen LogP contribution in [-0.4, -0.2) is 14.1 Å². The number of hydrogen-bond acceptors (Lipinski definition) is 2. The van der Waals surface area contributed by atoms with E-state index in [-0.39, 0.29) is 0 Å². The van der Waals surface area contributed by atoms with Crippen LogP contribution in [0.4, 0.5) is 0 Å². The SMILES string of the molecule is c1ccc(-c2nc3cccc4c3n2-c2ccc(-n3c5ccccc5c5c6ccccc6ccc53)cc2O4)cc1. The Morgan fingerprint density at radius 2 is 1.38 bits per heavy atom. The molecular formula is C35H21N3O. The number of hydrogen-bond donors (Lipinski definition) is 0. The van der Waals surface area contributed by atoms with Gasteiger partial charge in [-0.1, -0.05) is 84.9 Å². The average molecular weight is 500 g/mol. The number of benzene rings is 6. The van der Waals surface area contributed by atoms with Gasteiger partial charge in [-0.05, 0) is 47.2 Å². The average Bonchev–Trinajstić information content (AvgIpc) is 3.55. The highest BCUT2D eigenvalue weighted by Crippen LogP contribution is 2.45. The second-order valence-electron chi connectivity index (χ2n) is 10.0. The van der Waals surface area contributed by atoms with Gasteiger partial charge in [0.05, 0.1) is 27.9 Å². The predicted molar refractivity (Wildman–Crippen MR) is 158 cm³/mol. The molecule has 39 heavy (non-hydrogen) atoms. The van der Waals surface area contributed by atoms with E-state index in [1.54, 1.807) is 0 Å². The van der Waals surface area contributed by atoms with E-state index in [9.17, 15) is 0 Å². The summed E-state index contributed by atoms with van der Waals surface area (Å²) in [5.74, 6) is 2.55. The largest absolute Gasteiger partial charge is 0.453 e. The zero-order chi connectivity index (χ0) is 25.5. The number of rotatable bonds is 2. The molecule has 0 saturated carbocycles. The highest BCUT2D eigenvalue weighted by atomic mass is 16.5. The van der Waals surface area contributed by atoms with Gasteiger partial charge in [0, 0.05) is 22.4 Å². The van der Waals surface area contributed by atoms with Crippen molar-refractivity contribution in [3.05, 3.63) is 127 Å². The van der Waals surface area contributed by atoms with E-state index in [0.29, 0.717) is 0 Å². The molecule has 4 nitrogen and oxygen atoms in total. The Morgan fingerprint density at radius 1 is 0.564 bits per heavy atom. The molecule has 0 fully saturated rings. The Labute approximate surface area is 223 Å². The van der Waals surface area contributed by atoms with Crippen molar-refractivity contribution in [3.8, 4) is 34.3 Å². The first kappa shape index (κ1) is 20.7. The second-order valence-corrected chi connectivity index (χ2v) is 10.0. The van der Waals surface area contributed by atoms with Gasteiger partial charge in [-0.15, -0.1) is 0 Å². The summed E-state index contributed by atoms with van der Waals surface area (Å²) in [6, 6.07) is 44.7. The molecule has 4 heteroatoms. The van der Waals surface area contributed by atoms with E-state index >= 15 is 0 Å². The molecule has 6 aromatic carbocycles. The van der Waals surface area contributed by atoms with Crippen LogP contribution in [0.2, 0.25) is 0 Å². The number of nitrogens with zero attached hydrogens (tertiary/aromatic N) is 3. The third-order valence-electron chi connectivity index (χ3n) is 7.90. The van der Waals surface area contributed by atoms with Crippen LogP contribution in [0, 0.1) is 0 Å². The van der Waals surface area contributed by atoms with Crippen LogP contribution in [0.3, 0.4) is 0 Å². The minimum Gasteiger partial charge on any atom is -0.453 e. The molecule has 0 amide bonds. The summed E-state index contributed by atoms with van der Waals surface area (Å²) in [6.45, 7) is 0. The Morgan fingerprint density at radius 3 is 2.31 bits per heavy atom. The van der Waals surface area contributed by atoms with Gasteiger partial charge < -0.3 is 9.30 Å². The highest BCUT2D eigenvalue weighted by molar-refractivity contribution is 6.21. The van der Waals surface area contributed by atoms with Crippen LogP contribution < -0.4 is 4.74 Å². The number of ether oxygens (including phenoxy) is 1. The third kappa shape index (κ3) is 2.80. The Hall–Kier alpha value is -5.35. The van der Waals surface area contributed by atoms with Crippen molar-refractivity contribution >= 4 is 43.6 Å². The first-order valence-corrected chi connectivity index (χ1v) is 13.2. The smallest absolute Gasteiger partial charge is 0.153 e. The molecule has 2 aromatic heterocycles. The normalized spacial score (nSPS) is 12.3. The summed E-state index contributed by atoms with van der Waals surface area (Å²) < 4.78 is 11.1. The van der Waals surface area contributed by atoms with Gasteiger partial charge in [0.25, 0.3) is 0 Å². The molecule has 0 atom stereocenters. The van der Waals surface area contributed by atoms with Crippen molar-refractivity contribution < 1.29 is 4.74 Å². The first-order chi connectivity index (χ1) is 19.3. The van der Waals surface area contributed by atoms with Crippen molar-refractivity contribution in [2.45, 2.75) is 0 Å². The van der Waals surface area contributed by atoms with Crippen molar-refractivity contribution in [2.24, 2.45) is 0 Å². The van der Waals surface area contributed by atoms with E-state index in [1.807, 2.05) is 24.3 Å². The van der Waals surface area contributed by atoms with Crippen LogP contribution in [0.15, 0.2) is 127 Å². The second kappa shape index (κ2) is 7.59. The topological polar surface area (TPSA) is 32.0 Å². The van der Waals surface area contributed by atoms with E-state index in [0.717, 1.165) is 45.3 Å². The summed E-state index contributed by atoms with van der Waals surface area (Å²) in [7, 11) is 0. The van der Waals surface area contributed by atoms with Crippen LogP contribution in [0.25, 0.3) is 66.4 Å². The van der Waals surface area contributed by atoms with Gasteiger partial charge in [-0.2, -0.15) is 0 Å². The molecule has 0 bridgehead atoms. The van der Waals surface area contributed by atoms with Crippen LogP contribution in [0.5, 0.6) is 11.5 Å². The third-order valence-corrected chi connectivity index (χ3v) is 7.90. The van der Waals surface area contributed by atoms with Crippen LogP contribution in [-0.2, 0) is 0 Å². The number of para-hydroxylation sites is 2. The van der Waals surface area contributed by atoms with E-state index < -0.39 is 0 Å². The summed E-state index contributed by atoms with van der Waals surface area (Å²) in [5, 5.41) is 5.03. The van der Waals surface area contributed by atoms with E-state index in [2.05, 4.69) is 112 Å². The standard InChI is InChI=1S/C35H21N3O/c1-2-10-23(11-3-1)35-36-27-14-8-16-31-34(27)38(35)29-20-18-24(21-32(29)39-31)37-28-15-7-6-13-26(28)33-25-12-5-4-9-22(25)17-19-30(33)37/h1-21H. The van der Waals surface area contributed by atoms with Crippen molar-refractivity contribution in [2.75, 3.05) is 0 Å². The number of aromatic nitrogens is 3. The van der Waals surface area contributed by atoms with Crippen molar-refractivity contribution in [1.29, 1.82) is 0 Å². The molecule has 182 valence electrons. The Balaban J connectivity index is 1.33. The predicted octanol–water partition coefficient (Wildman–Crippen LogP) is 9.05. The fourth-order valence-corrected chi connectivity index (χ4v) is 6.24. The van der Waals surface area contributed by atoms with Gasteiger partial charge in [0.2, 0.25) is 0 Å². The minimum absolute atomic E-state index is 0.814. The summed E-state index contributed by atoms with van der Waals surface area (Å²) >= 11 is 0. The monoisotopic (exact) mass is 499 g/mol. The van der Waals surface area contributed by atoms with Crippen molar-refractivity contribution in [1.82, 2.24) is 14.1 Å². The first-order valence-electron chi connectivity index (χ1n) is 13.2. The molecule has 0 saturated heterocycles. The van der Waals surface area contributed by atoms with E-state index in [4.69, 9.17) is 9.72 Å². The van der Waals surface area contributed by atoms with E-state index in [1.165, 1.54) is 32.6 Å². The molecule has 0 radical (unpaired) electrons. The number of fused-ring (bicyclic) bond motifs is 7. The maximum atomic E-state index is 6.56. The molecule has 0 N–H and O–H groups in total. The van der Waals surface area contributed by atoms with Gasteiger partial charge in [-0.25, -0.2) is 4.98 Å². The van der Waals surface area contributed by atoms with Gasteiger partial charge in [-0.3, -0.25) is 4.57 Å². The fraction of sp³-hybridized carbons (Fsp3) is 0. The lowest BCUT2D eigenvalue weighted by Crippen LogP contribution is -2.07. The van der Waals surface area contributed by atoms with Crippen LogP contribution in [0.1, 0.15) is 0 Å². The molecule has 8 aromatic rings. The molecule has 3 heterocycles. The maximum Gasteiger partial charge on any atom is 0.153 e. The molecule has 0 aliphatic carbocycles. The zero-order valence-electron chi connectivity index (χ0n) is 20.9. The molecule has 0 unspecified atom stereocenters. The Kier molecular flexibility index (Phi) is 4.02. The quantitative estimate of drug-likeness (QED) is 0.238.